The molecule has 0 aromatic heterocycles. The second-order valence-corrected chi connectivity index (χ2v) is 6.65. The van der Waals surface area contributed by atoms with Crippen LogP contribution in [-0.2, 0) is 0 Å². The number of benzene rings is 3. The lowest BCUT2D eigenvalue weighted by atomic mass is 10.1. The lowest BCUT2D eigenvalue weighted by molar-refractivity contribution is 0.0956. The van der Waals surface area contributed by atoms with Gasteiger partial charge in [0.1, 0.15) is 5.82 Å². The summed E-state index contributed by atoms with van der Waals surface area (Å²) in [6.45, 7) is 0. The van der Waals surface area contributed by atoms with Gasteiger partial charge in [0.05, 0.1) is 23.0 Å². The standard InChI is InChI=1S/C21H15BrFN3O2/c22-15-11-9-14(10-12-15)13-24-26-21(28)17-6-2-4-8-19(17)25-20(27)16-5-1-3-7-18(16)23/h1-13H,(H,25,27)(H,26,28)/b24-13+. The van der Waals surface area contributed by atoms with Gasteiger partial charge in [-0.25, -0.2) is 9.82 Å². The summed E-state index contributed by atoms with van der Waals surface area (Å²) < 4.78 is 14.7. The Morgan fingerprint density at radius 2 is 1.50 bits per heavy atom. The number of halogens is 2. The summed E-state index contributed by atoms with van der Waals surface area (Å²) >= 11 is 3.34. The van der Waals surface area contributed by atoms with E-state index in [2.05, 4.69) is 31.8 Å². The van der Waals surface area contributed by atoms with Gasteiger partial charge in [0.25, 0.3) is 11.8 Å². The van der Waals surface area contributed by atoms with Crippen LogP contribution in [0.5, 0.6) is 0 Å². The molecule has 0 bridgehead atoms. The second-order valence-electron chi connectivity index (χ2n) is 5.73. The summed E-state index contributed by atoms with van der Waals surface area (Å²) in [6, 6.07) is 19.4. The molecule has 0 aliphatic heterocycles. The van der Waals surface area contributed by atoms with Crippen molar-refractivity contribution in [3.63, 3.8) is 0 Å². The monoisotopic (exact) mass is 439 g/mol. The molecule has 0 atom stereocenters. The van der Waals surface area contributed by atoms with Crippen molar-refractivity contribution in [3.05, 3.63) is 99.8 Å². The smallest absolute Gasteiger partial charge is 0.273 e. The zero-order valence-electron chi connectivity index (χ0n) is 14.5. The topological polar surface area (TPSA) is 70.6 Å². The van der Waals surface area contributed by atoms with Crippen molar-refractivity contribution in [3.8, 4) is 0 Å². The highest BCUT2D eigenvalue weighted by Gasteiger charge is 2.15. The predicted octanol–water partition coefficient (Wildman–Crippen LogP) is 4.60. The normalized spacial score (nSPS) is 10.6. The first-order valence-corrected chi connectivity index (χ1v) is 9.08. The quantitative estimate of drug-likeness (QED) is 0.450. The molecule has 0 radical (unpaired) electrons. The van der Waals surface area contributed by atoms with Crippen LogP contribution in [0.15, 0.2) is 82.4 Å². The van der Waals surface area contributed by atoms with Crippen LogP contribution in [0.25, 0.3) is 0 Å². The van der Waals surface area contributed by atoms with Crippen molar-refractivity contribution in [2.75, 3.05) is 5.32 Å². The number of hydrogen-bond acceptors (Lipinski definition) is 3. The summed E-state index contributed by atoms with van der Waals surface area (Å²) in [4.78, 5) is 24.8. The molecule has 2 N–H and O–H groups in total. The zero-order valence-corrected chi connectivity index (χ0v) is 16.1. The average molecular weight is 440 g/mol. The maximum Gasteiger partial charge on any atom is 0.273 e. The van der Waals surface area contributed by atoms with Crippen molar-refractivity contribution in [2.45, 2.75) is 0 Å². The fourth-order valence-corrected chi connectivity index (χ4v) is 2.66. The fraction of sp³-hybridized carbons (Fsp3) is 0. The van der Waals surface area contributed by atoms with Crippen molar-refractivity contribution >= 4 is 39.6 Å². The highest BCUT2D eigenvalue weighted by atomic mass is 79.9. The fourth-order valence-electron chi connectivity index (χ4n) is 2.40. The molecule has 0 saturated carbocycles. The van der Waals surface area contributed by atoms with Crippen molar-refractivity contribution in [1.82, 2.24) is 5.43 Å². The van der Waals surface area contributed by atoms with Gasteiger partial charge in [0.15, 0.2) is 0 Å². The Kier molecular flexibility index (Phi) is 6.29. The Morgan fingerprint density at radius 3 is 2.21 bits per heavy atom. The first-order chi connectivity index (χ1) is 13.5. The number of nitrogens with one attached hydrogen (secondary N) is 2. The summed E-state index contributed by atoms with van der Waals surface area (Å²) in [5.41, 5.74) is 3.59. The molecule has 0 spiro atoms. The predicted molar refractivity (Wildman–Crippen MR) is 110 cm³/mol. The van der Waals surface area contributed by atoms with E-state index in [-0.39, 0.29) is 16.8 Å². The average Bonchev–Trinajstić information content (AvgIpc) is 2.70. The number of nitrogens with zero attached hydrogens (tertiary/aromatic N) is 1. The number of carbonyl (C=O) groups excluding carboxylic acids is 2. The van der Waals surface area contributed by atoms with Crippen LogP contribution in [0, 0.1) is 5.82 Å². The number of carbonyl (C=O) groups is 2. The third kappa shape index (κ3) is 4.89. The molecule has 140 valence electrons. The van der Waals surface area contributed by atoms with Gasteiger partial charge < -0.3 is 5.32 Å². The molecule has 5 nitrogen and oxygen atoms in total. The molecule has 0 unspecified atom stereocenters. The largest absolute Gasteiger partial charge is 0.321 e. The molecule has 0 aliphatic rings. The van der Waals surface area contributed by atoms with E-state index >= 15 is 0 Å². The maximum absolute atomic E-state index is 13.8. The third-order valence-electron chi connectivity index (χ3n) is 3.79. The van der Waals surface area contributed by atoms with Gasteiger partial charge in [-0.2, -0.15) is 5.10 Å². The Hall–Kier alpha value is -3.32. The molecular formula is C21H15BrFN3O2. The van der Waals surface area contributed by atoms with Gasteiger partial charge in [-0.3, -0.25) is 9.59 Å². The minimum Gasteiger partial charge on any atom is -0.321 e. The summed E-state index contributed by atoms with van der Waals surface area (Å²) in [5.74, 6) is -1.78. The highest BCUT2D eigenvalue weighted by Crippen LogP contribution is 2.17. The molecule has 2 amide bonds. The van der Waals surface area contributed by atoms with Crippen LogP contribution in [0.4, 0.5) is 10.1 Å². The molecule has 3 aromatic rings. The zero-order chi connectivity index (χ0) is 19.9. The number of amides is 2. The van der Waals surface area contributed by atoms with Crippen LogP contribution in [-0.4, -0.2) is 18.0 Å². The van der Waals surface area contributed by atoms with E-state index in [1.54, 1.807) is 30.3 Å². The van der Waals surface area contributed by atoms with E-state index in [0.717, 1.165) is 10.0 Å². The van der Waals surface area contributed by atoms with Gasteiger partial charge in [-0.15, -0.1) is 0 Å². The minimum atomic E-state index is -0.642. The Labute approximate surface area is 169 Å². The lowest BCUT2D eigenvalue weighted by Gasteiger charge is -2.10. The molecule has 7 heteroatoms. The number of para-hydroxylation sites is 1. The van der Waals surface area contributed by atoms with Crippen LogP contribution < -0.4 is 10.7 Å². The lowest BCUT2D eigenvalue weighted by Crippen LogP contribution is -2.21. The first-order valence-electron chi connectivity index (χ1n) is 8.28. The van der Waals surface area contributed by atoms with Crippen molar-refractivity contribution < 1.29 is 14.0 Å². The number of hydrogen-bond donors (Lipinski definition) is 2. The molecule has 3 rings (SSSR count). The molecule has 0 fully saturated rings. The Morgan fingerprint density at radius 1 is 0.857 bits per heavy atom. The highest BCUT2D eigenvalue weighted by molar-refractivity contribution is 9.10. The van der Waals surface area contributed by atoms with E-state index in [1.807, 2.05) is 24.3 Å². The molecule has 0 heterocycles. The van der Waals surface area contributed by atoms with Gasteiger partial charge in [-0.1, -0.05) is 52.3 Å². The molecule has 3 aromatic carbocycles. The molecule has 0 saturated heterocycles. The van der Waals surface area contributed by atoms with Crippen molar-refractivity contribution in [1.29, 1.82) is 0 Å². The number of anilines is 1. The van der Waals surface area contributed by atoms with E-state index in [1.165, 1.54) is 24.4 Å². The number of hydrazone groups is 1. The summed E-state index contributed by atoms with van der Waals surface area (Å²) in [5, 5.41) is 6.49. The molecule has 28 heavy (non-hydrogen) atoms. The molecular weight excluding hydrogens is 425 g/mol. The summed E-state index contributed by atoms with van der Waals surface area (Å²) in [7, 11) is 0. The van der Waals surface area contributed by atoms with Crippen LogP contribution >= 0.6 is 15.9 Å². The van der Waals surface area contributed by atoms with Crippen LogP contribution in [0.1, 0.15) is 26.3 Å². The van der Waals surface area contributed by atoms with Gasteiger partial charge in [0, 0.05) is 4.47 Å². The minimum absolute atomic E-state index is 0.106. The SMILES string of the molecule is O=C(Nc1ccccc1C(=O)N/N=C/c1ccc(Br)cc1)c1ccccc1F. The number of rotatable bonds is 5. The van der Waals surface area contributed by atoms with Crippen LogP contribution in [0.3, 0.4) is 0 Å². The van der Waals surface area contributed by atoms with E-state index in [9.17, 15) is 14.0 Å². The van der Waals surface area contributed by atoms with E-state index in [0.29, 0.717) is 0 Å². The van der Waals surface area contributed by atoms with Gasteiger partial charge >= 0.3 is 0 Å². The maximum atomic E-state index is 13.8. The van der Waals surface area contributed by atoms with Crippen LogP contribution in [0.2, 0.25) is 0 Å². The van der Waals surface area contributed by atoms with E-state index in [4.69, 9.17) is 0 Å². The van der Waals surface area contributed by atoms with Gasteiger partial charge in [-0.05, 0) is 42.0 Å². The Bertz CT molecular complexity index is 1040. The second kappa shape index (κ2) is 9.05. The van der Waals surface area contributed by atoms with Gasteiger partial charge in [0.2, 0.25) is 0 Å². The molecule has 0 aliphatic carbocycles. The Balaban J connectivity index is 1.72. The summed E-state index contributed by atoms with van der Waals surface area (Å²) in [6.07, 6.45) is 1.50. The van der Waals surface area contributed by atoms with Crippen molar-refractivity contribution in [2.24, 2.45) is 5.10 Å². The van der Waals surface area contributed by atoms with E-state index < -0.39 is 17.6 Å². The first kappa shape index (κ1) is 19.4. The third-order valence-corrected chi connectivity index (χ3v) is 4.32.